The first kappa shape index (κ1) is 14.4. The van der Waals surface area contributed by atoms with E-state index in [1.807, 2.05) is 12.1 Å². The van der Waals surface area contributed by atoms with Crippen molar-refractivity contribution in [2.75, 3.05) is 13.2 Å². The SMILES string of the molecule is Brc1cccc(CNCc2ccc3c(c2)OCCCO3)c1. The first-order valence-corrected chi connectivity index (χ1v) is 7.94. The Bertz CT molecular complexity index is 615. The molecule has 3 nitrogen and oxygen atoms in total. The van der Waals surface area contributed by atoms with Gasteiger partial charge in [-0.3, -0.25) is 0 Å². The average Bonchev–Trinajstić information content (AvgIpc) is 2.72. The summed E-state index contributed by atoms with van der Waals surface area (Å²) in [5.41, 5.74) is 2.47. The average molecular weight is 348 g/mol. The van der Waals surface area contributed by atoms with E-state index < -0.39 is 0 Å². The molecule has 1 aliphatic heterocycles. The lowest BCUT2D eigenvalue weighted by molar-refractivity contribution is 0.297. The van der Waals surface area contributed by atoms with Crippen LogP contribution in [0.4, 0.5) is 0 Å². The molecule has 0 spiro atoms. The van der Waals surface area contributed by atoms with Crippen molar-refractivity contribution in [3.05, 3.63) is 58.1 Å². The first-order valence-electron chi connectivity index (χ1n) is 7.15. The van der Waals surface area contributed by atoms with E-state index >= 15 is 0 Å². The lowest BCUT2D eigenvalue weighted by Gasteiger charge is -2.10. The maximum atomic E-state index is 5.71. The Balaban J connectivity index is 1.59. The zero-order valence-electron chi connectivity index (χ0n) is 11.8. The van der Waals surface area contributed by atoms with Crippen molar-refractivity contribution in [2.24, 2.45) is 0 Å². The van der Waals surface area contributed by atoms with E-state index in [4.69, 9.17) is 9.47 Å². The highest BCUT2D eigenvalue weighted by molar-refractivity contribution is 9.10. The monoisotopic (exact) mass is 347 g/mol. The summed E-state index contributed by atoms with van der Waals surface area (Å²) in [5.74, 6) is 1.71. The Labute approximate surface area is 133 Å². The second kappa shape index (κ2) is 6.96. The minimum Gasteiger partial charge on any atom is -0.490 e. The van der Waals surface area contributed by atoms with E-state index in [-0.39, 0.29) is 0 Å². The second-order valence-corrected chi connectivity index (χ2v) is 5.98. The van der Waals surface area contributed by atoms with Crippen LogP contribution in [0.5, 0.6) is 11.5 Å². The fourth-order valence-electron chi connectivity index (χ4n) is 2.32. The van der Waals surface area contributed by atoms with Crippen LogP contribution in [-0.2, 0) is 13.1 Å². The van der Waals surface area contributed by atoms with Gasteiger partial charge in [-0.25, -0.2) is 0 Å². The van der Waals surface area contributed by atoms with E-state index in [0.717, 1.165) is 48.7 Å². The third kappa shape index (κ3) is 3.99. The summed E-state index contributed by atoms with van der Waals surface area (Å²) in [5, 5.41) is 3.45. The highest BCUT2D eigenvalue weighted by atomic mass is 79.9. The molecule has 110 valence electrons. The number of hydrogen-bond donors (Lipinski definition) is 1. The lowest BCUT2D eigenvalue weighted by Crippen LogP contribution is -2.12. The lowest BCUT2D eigenvalue weighted by atomic mass is 10.2. The Morgan fingerprint density at radius 3 is 2.48 bits per heavy atom. The molecule has 0 aliphatic carbocycles. The van der Waals surface area contributed by atoms with Gasteiger partial charge in [0, 0.05) is 24.0 Å². The molecule has 1 N–H and O–H groups in total. The summed E-state index contributed by atoms with van der Waals surface area (Å²) in [6, 6.07) is 14.5. The summed E-state index contributed by atoms with van der Waals surface area (Å²) >= 11 is 3.49. The third-order valence-electron chi connectivity index (χ3n) is 3.36. The Kier molecular flexibility index (Phi) is 4.78. The number of rotatable bonds is 4. The molecule has 0 fully saturated rings. The van der Waals surface area contributed by atoms with E-state index in [0.29, 0.717) is 0 Å². The van der Waals surface area contributed by atoms with Gasteiger partial charge in [0.05, 0.1) is 13.2 Å². The first-order chi connectivity index (χ1) is 10.3. The van der Waals surface area contributed by atoms with Crippen LogP contribution in [0.3, 0.4) is 0 Å². The molecule has 1 aliphatic rings. The van der Waals surface area contributed by atoms with Gasteiger partial charge < -0.3 is 14.8 Å². The minimum absolute atomic E-state index is 0.724. The summed E-state index contributed by atoms with van der Waals surface area (Å²) < 4.78 is 12.5. The summed E-state index contributed by atoms with van der Waals surface area (Å²) in [6.45, 7) is 3.10. The second-order valence-electron chi connectivity index (χ2n) is 5.07. The van der Waals surface area contributed by atoms with E-state index in [1.165, 1.54) is 11.1 Å². The standard InChI is InChI=1S/C17H18BrNO2/c18-15-4-1-3-13(9-15)11-19-12-14-5-6-16-17(10-14)21-8-2-7-20-16/h1,3-6,9-10,19H,2,7-8,11-12H2. The smallest absolute Gasteiger partial charge is 0.161 e. The van der Waals surface area contributed by atoms with Crippen LogP contribution in [0.25, 0.3) is 0 Å². The number of benzene rings is 2. The molecule has 0 atom stereocenters. The third-order valence-corrected chi connectivity index (χ3v) is 3.85. The molecule has 0 aromatic heterocycles. The summed E-state index contributed by atoms with van der Waals surface area (Å²) in [7, 11) is 0. The van der Waals surface area contributed by atoms with Crippen LogP contribution in [0.15, 0.2) is 46.9 Å². The van der Waals surface area contributed by atoms with Crippen LogP contribution in [0.1, 0.15) is 17.5 Å². The van der Waals surface area contributed by atoms with E-state index in [1.54, 1.807) is 0 Å². The Hall–Kier alpha value is -1.52. The molecule has 0 radical (unpaired) electrons. The van der Waals surface area contributed by atoms with Gasteiger partial charge in [-0.1, -0.05) is 34.1 Å². The Morgan fingerprint density at radius 2 is 1.67 bits per heavy atom. The van der Waals surface area contributed by atoms with Crippen LogP contribution in [-0.4, -0.2) is 13.2 Å². The number of fused-ring (bicyclic) bond motifs is 1. The fourth-order valence-corrected chi connectivity index (χ4v) is 2.76. The van der Waals surface area contributed by atoms with Crippen molar-refractivity contribution in [1.82, 2.24) is 5.32 Å². The van der Waals surface area contributed by atoms with Crippen molar-refractivity contribution in [3.8, 4) is 11.5 Å². The molecule has 0 bridgehead atoms. The number of nitrogens with one attached hydrogen (secondary N) is 1. The molecule has 3 rings (SSSR count). The molecule has 21 heavy (non-hydrogen) atoms. The maximum Gasteiger partial charge on any atom is 0.161 e. The zero-order valence-corrected chi connectivity index (χ0v) is 13.4. The molecule has 1 heterocycles. The molecule has 0 unspecified atom stereocenters. The summed E-state index contributed by atoms with van der Waals surface area (Å²) in [6.07, 6.45) is 0.936. The summed E-state index contributed by atoms with van der Waals surface area (Å²) in [4.78, 5) is 0. The topological polar surface area (TPSA) is 30.5 Å². The largest absolute Gasteiger partial charge is 0.490 e. The molecule has 0 saturated carbocycles. The molecule has 2 aromatic carbocycles. The van der Waals surface area contributed by atoms with Crippen molar-refractivity contribution >= 4 is 15.9 Å². The number of hydrogen-bond acceptors (Lipinski definition) is 3. The van der Waals surface area contributed by atoms with E-state index in [2.05, 4.69) is 51.6 Å². The number of halogens is 1. The number of ether oxygens (including phenoxy) is 2. The van der Waals surface area contributed by atoms with Crippen molar-refractivity contribution in [1.29, 1.82) is 0 Å². The van der Waals surface area contributed by atoms with Crippen LogP contribution < -0.4 is 14.8 Å². The molecule has 0 saturated heterocycles. The molecule has 2 aromatic rings. The van der Waals surface area contributed by atoms with Crippen molar-refractivity contribution in [3.63, 3.8) is 0 Å². The highest BCUT2D eigenvalue weighted by Gasteiger charge is 2.10. The Morgan fingerprint density at radius 1 is 0.905 bits per heavy atom. The van der Waals surface area contributed by atoms with Crippen LogP contribution in [0, 0.1) is 0 Å². The highest BCUT2D eigenvalue weighted by Crippen LogP contribution is 2.30. The molecular formula is C17H18BrNO2. The normalized spacial score (nSPS) is 13.8. The minimum atomic E-state index is 0.724. The fraction of sp³-hybridized carbons (Fsp3) is 0.294. The molecule has 4 heteroatoms. The zero-order chi connectivity index (χ0) is 14.5. The van der Waals surface area contributed by atoms with Crippen molar-refractivity contribution in [2.45, 2.75) is 19.5 Å². The van der Waals surface area contributed by atoms with Crippen LogP contribution in [0.2, 0.25) is 0 Å². The predicted molar refractivity (Wildman–Crippen MR) is 86.7 cm³/mol. The van der Waals surface area contributed by atoms with Gasteiger partial charge in [0.25, 0.3) is 0 Å². The van der Waals surface area contributed by atoms with Gasteiger partial charge in [-0.15, -0.1) is 0 Å². The van der Waals surface area contributed by atoms with Gasteiger partial charge in [0.2, 0.25) is 0 Å². The van der Waals surface area contributed by atoms with Gasteiger partial charge in [-0.05, 0) is 35.4 Å². The molecule has 0 amide bonds. The van der Waals surface area contributed by atoms with Gasteiger partial charge in [0.1, 0.15) is 0 Å². The maximum absolute atomic E-state index is 5.71. The van der Waals surface area contributed by atoms with Crippen molar-refractivity contribution < 1.29 is 9.47 Å². The van der Waals surface area contributed by atoms with Gasteiger partial charge >= 0.3 is 0 Å². The quantitative estimate of drug-likeness (QED) is 0.909. The van der Waals surface area contributed by atoms with Crippen LogP contribution >= 0.6 is 15.9 Å². The molecular weight excluding hydrogens is 330 g/mol. The predicted octanol–water partition coefficient (Wildman–Crippen LogP) is 3.90. The van der Waals surface area contributed by atoms with Gasteiger partial charge in [-0.2, -0.15) is 0 Å². The van der Waals surface area contributed by atoms with E-state index in [9.17, 15) is 0 Å². The van der Waals surface area contributed by atoms with Gasteiger partial charge in [0.15, 0.2) is 11.5 Å².